The van der Waals surface area contributed by atoms with Gasteiger partial charge in [-0.2, -0.15) is 0 Å². The lowest BCUT2D eigenvalue weighted by Gasteiger charge is -2.08. The predicted molar refractivity (Wildman–Crippen MR) is 60.6 cm³/mol. The van der Waals surface area contributed by atoms with Gasteiger partial charge < -0.3 is 11.5 Å². The van der Waals surface area contributed by atoms with Crippen molar-refractivity contribution in [2.75, 3.05) is 5.73 Å². The highest BCUT2D eigenvalue weighted by atomic mass is 16.1. The van der Waals surface area contributed by atoms with Crippen LogP contribution in [0.4, 0.5) is 5.82 Å². The molecule has 0 bridgehead atoms. The quantitative estimate of drug-likeness (QED) is 0.729. The molecule has 0 amide bonds. The van der Waals surface area contributed by atoms with E-state index in [9.17, 15) is 4.79 Å². The number of nitrogen functional groups attached to an aromatic ring is 1. The molecule has 1 aromatic rings. The van der Waals surface area contributed by atoms with Crippen LogP contribution in [0.15, 0.2) is 12.3 Å². The minimum Gasteiger partial charge on any atom is -0.383 e. The summed E-state index contributed by atoms with van der Waals surface area (Å²) in [6, 6.07) is 1.82. The molecular weight excluding hydrogens is 190 g/mol. The van der Waals surface area contributed by atoms with E-state index in [0.29, 0.717) is 24.2 Å². The Labute approximate surface area is 89.7 Å². The van der Waals surface area contributed by atoms with E-state index in [4.69, 9.17) is 11.5 Å². The number of carbonyl (C=O) groups excluding carboxylic acids is 1. The van der Waals surface area contributed by atoms with Crippen molar-refractivity contribution in [3.05, 3.63) is 23.4 Å². The van der Waals surface area contributed by atoms with Gasteiger partial charge >= 0.3 is 0 Å². The van der Waals surface area contributed by atoms with Gasteiger partial charge in [-0.15, -0.1) is 0 Å². The average Bonchev–Trinajstić information content (AvgIpc) is 2.14. The number of nitrogens with two attached hydrogens (primary N) is 2. The first-order valence-electron chi connectivity index (χ1n) is 5.02. The zero-order valence-electron chi connectivity index (χ0n) is 9.16. The fraction of sp³-hybridized carbons (Fsp3) is 0.455. The van der Waals surface area contributed by atoms with Crippen LogP contribution in [0.2, 0.25) is 0 Å². The molecule has 0 aromatic carbocycles. The largest absolute Gasteiger partial charge is 0.383 e. The number of rotatable bonds is 4. The topological polar surface area (TPSA) is 82.0 Å². The van der Waals surface area contributed by atoms with Crippen LogP contribution in [0.1, 0.15) is 35.7 Å². The molecule has 0 radical (unpaired) electrons. The maximum Gasteiger partial charge on any atom is 0.166 e. The number of hydrogen-bond acceptors (Lipinski definition) is 4. The van der Waals surface area contributed by atoms with Crippen molar-refractivity contribution in [2.45, 2.75) is 32.7 Å². The smallest absolute Gasteiger partial charge is 0.166 e. The molecule has 15 heavy (non-hydrogen) atoms. The van der Waals surface area contributed by atoms with Gasteiger partial charge in [-0.05, 0) is 31.9 Å². The Morgan fingerprint density at radius 2 is 2.27 bits per heavy atom. The second-order valence-electron chi connectivity index (χ2n) is 3.83. The Morgan fingerprint density at radius 3 is 2.80 bits per heavy atom. The normalized spacial score (nSPS) is 12.5. The minimum atomic E-state index is 0.0235. The number of hydrogen-bond donors (Lipinski definition) is 2. The summed E-state index contributed by atoms with van der Waals surface area (Å²) in [5.41, 5.74) is 12.7. The summed E-state index contributed by atoms with van der Waals surface area (Å²) >= 11 is 0. The Morgan fingerprint density at radius 1 is 1.60 bits per heavy atom. The number of aryl methyl sites for hydroxylation is 1. The van der Waals surface area contributed by atoms with Crippen LogP contribution >= 0.6 is 0 Å². The molecule has 1 unspecified atom stereocenters. The maximum atomic E-state index is 11.8. The first-order chi connectivity index (χ1) is 7.02. The van der Waals surface area contributed by atoms with Gasteiger partial charge in [0.15, 0.2) is 5.78 Å². The van der Waals surface area contributed by atoms with Gasteiger partial charge in [0.1, 0.15) is 5.82 Å². The molecule has 0 aliphatic heterocycles. The molecule has 1 atom stereocenters. The van der Waals surface area contributed by atoms with Crippen molar-refractivity contribution in [1.82, 2.24) is 4.98 Å². The number of Topliss-reactive ketones (excluding diaryl/α,β-unsaturated/α-hetero) is 1. The van der Waals surface area contributed by atoms with Crippen LogP contribution in [-0.2, 0) is 0 Å². The molecular formula is C11H17N3O. The molecule has 4 N–H and O–H groups in total. The molecule has 0 spiro atoms. The van der Waals surface area contributed by atoms with Gasteiger partial charge in [0, 0.05) is 18.7 Å². The van der Waals surface area contributed by atoms with Gasteiger partial charge in [0.2, 0.25) is 0 Å². The van der Waals surface area contributed by atoms with Crippen LogP contribution in [0.5, 0.6) is 0 Å². The molecule has 4 heteroatoms. The SMILES string of the molecule is Cc1ccnc(N)c1C(=O)CCC(C)N. The first-order valence-corrected chi connectivity index (χ1v) is 5.02. The lowest BCUT2D eigenvalue weighted by atomic mass is 10.0. The summed E-state index contributed by atoms with van der Waals surface area (Å²) in [6.07, 6.45) is 2.70. The third kappa shape index (κ3) is 3.02. The van der Waals surface area contributed by atoms with E-state index in [1.165, 1.54) is 0 Å². The van der Waals surface area contributed by atoms with E-state index in [1.807, 2.05) is 13.8 Å². The number of carbonyl (C=O) groups is 1. The summed E-state index contributed by atoms with van der Waals surface area (Å²) in [7, 11) is 0. The van der Waals surface area contributed by atoms with Gasteiger partial charge in [-0.3, -0.25) is 4.79 Å². The molecule has 0 saturated carbocycles. The van der Waals surface area contributed by atoms with E-state index in [2.05, 4.69) is 4.98 Å². The van der Waals surface area contributed by atoms with Crippen LogP contribution in [-0.4, -0.2) is 16.8 Å². The number of ketones is 1. The summed E-state index contributed by atoms with van der Waals surface area (Å²) in [6.45, 7) is 3.74. The van der Waals surface area contributed by atoms with Gasteiger partial charge in [0.05, 0.1) is 5.56 Å². The minimum absolute atomic E-state index is 0.0235. The van der Waals surface area contributed by atoms with Crippen LogP contribution in [0.3, 0.4) is 0 Å². The van der Waals surface area contributed by atoms with Crippen molar-refractivity contribution in [1.29, 1.82) is 0 Å². The fourth-order valence-corrected chi connectivity index (χ4v) is 1.43. The fourth-order valence-electron chi connectivity index (χ4n) is 1.43. The summed E-state index contributed by atoms with van der Waals surface area (Å²) in [4.78, 5) is 15.7. The lowest BCUT2D eigenvalue weighted by Crippen LogP contribution is -2.17. The third-order valence-corrected chi connectivity index (χ3v) is 2.29. The monoisotopic (exact) mass is 207 g/mol. The third-order valence-electron chi connectivity index (χ3n) is 2.29. The maximum absolute atomic E-state index is 11.8. The van der Waals surface area contributed by atoms with Crippen LogP contribution < -0.4 is 11.5 Å². The van der Waals surface area contributed by atoms with E-state index in [1.54, 1.807) is 12.3 Å². The highest BCUT2D eigenvalue weighted by Crippen LogP contribution is 2.16. The summed E-state index contributed by atoms with van der Waals surface area (Å²) in [5.74, 6) is 0.333. The standard InChI is InChI=1S/C11H17N3O/c1-7-5-6-14-11(13)10(7)9(15)4-3-8(2)12/h5-6,8H,3-4,12H2,1-2H3,(H2,13,14). The van der Waals surface area contributed by atoms with E-state index in [-0.39, 0.29) is 11.8 Å². The number of aromatic nitrogens is 1. The Hall–Kier alpha value is -1.42. The average molecular weight is 207 g/mol. The zero-order chi connectivity index (χ0) is 11.4. The molecule has 0 aliphatic rings. The van der Waals surface area contributed by atoms with E-state index < -0.39 is 0 Å². The summed E-state index contributed by atoms with van der Waals surface area (Å²) in [5, 5.41) is 0. The molecule has 1 aromatic heterocycles. The molecule has 0 saturated heterocycles. The molecule has 1 heterocycles. The highest BCUT2D eigenvalue weighted by molar-refractivity contribution is 6.01. The zero-order valence-corrected chi connectivity index (χ0v) is 9.16. The second-order valence-corrected chi connectivity index (χ2v) is 3.83. The number of pyridine rings is 1. The van der Waals surface area contributed by atoms with Crippen molar-refractivity contribution in [2.24, 2.45) is 5.73 Å². The van der Waals surface area contributed by atoms with E-state index in [0.717, 1.165) is 5.56 Å². The van der Waals surface area contributed by atoms with Gasteiger partial charge in [-0.25, -0.2) is 4.98 Å². The van der Waals surface area contributed by atoms with Crippen molar-refractivity contribution < 1.29 is 4.79 Å². The van der Waals surface area contributed by atoms with Crippen molar-refractivity contribution in [3.8, 4) is 0 Å². The Bertz CT molecular complexity index is 341. The van der Waals surface area contributed by atoms with E-state index >= 15 is 0 Å². The Balaban J connectivity index is 2.82. The second kappa shape index (κ2) is 4.89. The lowest BCUT2D eigenvalue weighted by molar-refractivity contribution is 0.0978. The number of nitrogens with zero attached hydrogens (tertiary/aromatic N) is 1. The highest BCUT2D eigenvalue weighted by Gasteiger charge is 2.13. The molecule has 0 aliphatic carbocycles. The number of anilines is 1. The molecule has 0 fully saturated rings. The van der Waals surface area contributed by atoms with Crippen LogP contribution in [0.25, 0.3) is 0 Å². The summed E-state index contributed by atoms with van der Waals surface area (Å²) < 4.78 is 0. The Kier molecular flexibility index (Phi) is 3.80. The van der Waals surface area contributed by atoms with Crippen molar-refractivity contribution >= 4 is 11.6 Å². The molecule has 4 nitrogen and oxygen atoms in total. The first kappa shape index (κ1) is 11.7. The van der Waals surface area contributed by atoms with Crippen molar-refractivity contribution in [3.63, 3.8) is 0 Å². The van der Waals surface area contributed by atoms with Crippen LogP contribution in [0, 0.1) is 6.92 Å². The molecule has 1 rings (SSSR count). The molecule has 82 valence electrons. The predicted octanol–water partition coefficient (Wildman–Crippen LogP) is 1.28. The van der Waals surface area contributed by atoms with Gasteiger partial charge in [-0.1, -0.05) is 0 Å². The van der Waals surface area contributed by atoms with Gasteiger partial charge in [0.25, 0.3) is 0 Å².